The number of nitrogens with one attached hydrogen (secondary N) is 1. The predicted octanol–water partition coefficient (Wildman–Crippen LogP) is 4.67. The van der Waals surface area contributed by atoms with Gasteiger partial charge in [0.2, 0.25) is 0 Å². The van der Waals surface area contributed by atoms with Crippen molar-refractivity contribution >= 4 is 0 Å². The molecule has 1 heteroatoms. The van der Waals surface area contributed by atoms with Crippen molar-refractivity contribution in [2.45, 2.75) is 51.1 Å². The lowest BCUT2D eigenvalue weighted by atomic mass is 9.99. The van der Waals surface area contributed by atoms with Crippen LogP contribution in [0.3, 0.4) is 0 Å². The van der Waals surface area contributed by atoms with Crippen molar-refractivity contribution in [2.24, 2.45) is 0 Å². The van der Waals surface area contributed by atoms with Crippen LogP contribution in [0.1, 0.15) is 48.9 Å². The Balaban J connectivity index is 1.68. The highest BCUT2D eigenvalue weighted by Crippen LogP contribution is 2.26. The summed E-state index contributed by atoms with van der Waals surface area (Å²) >= 11 is 0. The molecule has 0 saturated heterocycles. The van der Waals surface area contributed by atoms with Gasteiger partial charge in [0.1, 0.15) is 0 Å². The van der Waals surface area contributed by atoms with Crippen LogP contribution in [0.15, 0.2) is 54.6 Å². The molecule has 0 radical (unpaired) electrons. The summed E-state index contributed by atoms with van der Waals surface area (Å²) in [5.41, 5.74) is 4.48. The normalized spacial score (nSPS) is 15.9. The van der Waals surface area contributed by atoms with Crippen molar-refractivity contribution in [1.82, 2.24) is 5.32 Å². The number of unbranched alkanes of at least 4 members (excludes halogenated alkanes) is 1. The molecule has 1 aliphatic rings. The first-order valence-corrected chi connectivity index (χ1v) is 8.24. The molecule has 110 valence electrons. The fourth-order valence-electron chi connectivity index (χ4n) is 3.40. The zero-order valence-electron chi connectivity index (χ0n) is 12.9. The predicted molar refractivity (Wildman–Crippen MR) is 89.5 cm³/mol. The van der Waals surface area contributed by atoms with Crippen molar-refractivity contribution in [3.63, 3.8) is 0 Å². The zero-order valence-corrected chi connectivity index (χ0v) is 12.9. The molecular weight excluding hydrogens is 254 g/mol. The van der Waals surface area contributed by atoms with Crippen molar-refractivity contribution in [3.8, 4) is 0 Å². The summed E-state index contributed by atoms with van der Waals surface area (Å²) in [7, 11) is 0. The molecule has 0 amide bonds. The van der Waals surface area contributed by atoms with E-state index in [0.29, 0.717) is 12.1 Å². The Morgan fingerprint density at radius 1 is 0.952 bits per heavy atom. The fraction of sp³-hybridized carbons (Fsp3) is 0.400. The largest absolute Gasteiger partial charge is 0.307 e. The Morgan fingerprint density at radius 2 is 1.57 bits per heavy atom. The molecule has 0 bridgehead atoms. The van der Waals surface area contributed by atoms with Crippen LogP contribution >= 0.6 is 0 Å². The maximum atomic E-state index is 3.91. The summed E-state index contributed by atoms with van der Waals surface area (Å²) in [6.07, 6.45) is 6.12. The molecule has 1 aliphatic carbocycles. The van der Waals surface area contributed by atoms with E-state index in [1.54, 1.807) is 0 Å². The molecule has 2 aromatic rings. The van der Waals surface area contributed by atoms with Gasteiger partial charge in [0.05, 0.1) is 0 Å². The average molecular weight is 279 g/mol. The van der Waals surface area contributed by atoms with Gasteiger partial charge in [-0.15, -0.1) is 0 Å². The van der Waals surface area contributed by atoms with Crippen LogP contribution in [0.25, 0.3) is 0 Å². The lowest BCUT2D eigenvalue weighted by molar-refractivity contribution is 0.415. The Kier molecular flexibility index (Phi) is 4.72. The van der Waals surface area contributed by atoms with E-state index in [4.69, 9.17) is 0 Å². The lowest BCUT2D eigenvalue weighted by Gasteiger charge is -2.23. The number of benzene rings is 2. The van der Waals surface area contributed by atoms with E-state index < -0.39 is 0 Å². The van der Waals surface area contributed by atoms with Crippen LogP contribution in [0.2, 0.25) is 0 Å². The highest BCUT2D eigenvalue weighted by atomic mass is 15.0. The molecule has 1 unspecified atom stereocenters. The monoisotopic (exact) mass is 279 g/mol. The molecule has 0 aromatic heterocycles. The van der Waals surface area contributed by atoms with E-state index in [1.807, 2.05) is 0 Å². The molecule has 3 rings (SSSR count). The third kappa shape index (κ3) is 3.54. The summed E-state index contributed by atoms with van der Waals surface area (Å²) in [6.45, 7) is 2.27. The van der Waals surface area contributed by atoms with Crippen LogP contribution in [-0.2, 0) is 12.8 Å². The maximum Gasteiger partial charge on any atom is 0.0322 e. The van der Waals surface area contributed by atoms with E-state index in [1.165, 1.54) is 48.8 Å². The van der Waals surface area contributed by atoms with Gasteiger partial charge in [-0.25, -0.2) is 0 Å². The number of hydrogen-bond donors (Lipinski definition) is 1. The first-order chi connectivity index (χ1) is 10.4. The second-order valence-corrected chi connectivity index (χ2v) is 6.15. The summed E-state index contributed by atoms with van der Waals surface area (Å²) in [5, 5.41) is 3.91. The minimum Gasteiger partial charge on any atom is -0.307 e. The summed E-state index contributed by atoms with van der Waals surface area (Å²) in [4.78, 5) is 0. The van der Waals surface area contributed by atoms with Crippen molar-refractivity contribution < 1.29 is 0 Å². The first-order valence-electron chi connectivity index (χ1n) is 8.24. The van der Waals surface area contributed by atoms with Gasteiger partial charge in [-0.1, -0.05) is 74.4 Å². The molecule has 0 saturated carbocycles. The van der Waals surface area contributed by atoms with E-state index >= 15 is 0 Å². The van der Waals surface area contributed by atoms with Crippen molar-refractivity contribution in [2.75, 3.05) is 0 Å². The third-order valence-corrected chi connectivity index (χ3v) is 4.54. The van der Waals surface area contributed by atoms with Gasteiger partial charge in [-0.3, -0.25) is 0 Å². The Hall–Kier alpha value is -1.60. The number of hydrogen-bond acceptors (Lipinski definition) is 1. The van der Waals surface area contributed by atoms with Gasteiger partial charge in [-0.05, 0) is 36.0 Å². The summed E-state index contributed by atoms with van der Waals surface area (Å²) in [5.74, 6) is 0. The quantitative estimate of drug-likeness (QED) is 0.810. The zero-order chi connectivity index (χ0) is 14.5. The van der Waals surface area contributed by atoms with Gasteiger partial charge < -0.3 is 5.32 Å². The van der Waals surface area contributed by atoms with E-state index in [9.17, 15) is 0 Å². The van der Waals surface area contributed by atoms with Gasteiger partial charge in [0, 0.05) is 12.1 Å². The van der Waals surface area contributed by atoms with Crippen LogP contribution in [0.5, 0.6) is 0 Å². The lowest BCUT2D eigenvalue weighted by Crippen LogP contribution is -2.33. The van der Waals surface area contributed by atoms with E-state index in [0.717, 1.165) is 0 Å². The summed E-state index contributed by atoms with van der Waals surface area (Å²) < 4.78 is 0. The topological polar surface area (TPSA) is 12.0 Å². The minimum atomic E-state index is 0.491. The smallest absolute Gasteiger partial charge is 0.0322 e. The molecule has 21 heavy (non-hydrogen) atoms. The molecule has 1 N–H and O–H groups in total. The van der Waals surface area contributed by atoms with Crippen LogP contribution < -0.4 is 5.32 Å². The van der Waals surface area contributed by atoms with Crippen LogP contribution in [-0.4, -0.2) is 6.04 Å². The molecule has 0 fully saturated rings. The highest BCUT2D eigenvalue weighted by molar-refractivity contribution is 5.33. The molecule has 0 aliphatic heterocycles. The first kappa shape index (κ1) is 14.3. The summed E-state index contributed by atoms with van der Waals surface area (Å²) in [6, 6.07) is 20.9. The van der Waals surface area contributed by atoms with Gasteiger partial charge in [0.25, 0.3) is 0 Å². The second kappa shape index (κ2) is 6.91. The molecule has 2 aromatic carbocycles. The average Bonchev–Trinajstić information content (AvgIpc) is 2.94. The Bertz CT molecular complexity index is 536. The van der Waals surface area contributed by atoms with Crippen molar-refractivity contribution in [3.05, 3.63) is 71.3 Å². The van der Waals surface area contributed by atoms with Crippen molar-refractivity contribution in [1.29, 1.82) is 0 Å². The molecule has 0 heterocycles. The highest BCUT2D eigenvalue weighted by Gasteiger charge is 2.23. The number of fused-ring (bicyclic) bond motifs is 1. The molecule has 1 nitrogen and oxygen atoms in total. The van der Waals surface area contributed by atoms with Gasteiger partial charge in [0.15, 0.2) is 0 Å². The fourth-order valence-corrected chi connectivity index (χ4v) is 3.40. The maximum absolute atomic E-state index is 3.91. The number of rotatable bonds is 6. The van der Waals surface area contributed by atoms with Gasteiger partial charge in [-0.2, -0.15) is 0 Å². The third-order valence-electron chi connectivity index (χ3n) is 4.54. The Morgan fingerprint density at radius 3 is 2.19 bits per heavy atom. The van der Waals surface area contributed by atoms with E-state index in [2.05, 4.69) is 66.8 Å². The molecule has 0 spiro atoms. The van der Waals surface area contributed by atoms with Crippen LogP contribution in [0.4, 0.5) is 0 Å². The van der Waals surface area contributed by atoms with E-state index in [-0.39, 0.29) is 0 Å². The van der Waals surface area contributed by atoms with Gasteiger partial charge >= 0.3 is 0 Å². The van der Waals surface area contributed by atoms with Crippen LogP contribution in [0, 0.1) is 0 Å². The standard InChI is InChI=1S/C20H25N/c1-2-3-13-20(16-9-5-4-6-10-16)21-19-14-17-11-7-8-12-18(17)15-19/h4-12,19-21H,2-3,13-15H2,1H3. The SMILES string of the molecule is CCCCC(NC1Cc2ccccc2C1)c1ccccc1. The molecule has 1 atom stereocenters. The Labute approximate surface area is 128 Å². The second-order valence-electron chi connectivity index (χ2n) is 6.15. The molecular formula is C20H25N. The minimum absolute atomic E-state index is 0.491.